The number of fused-ring (bicyclic) bond motifs is 1. The smallest absolute Gasteiger partial charge is 0.162 e. The first-order chi connectivity index (χ1) is 12.4. The number of hydrogen-bond donors (Lipinski definition) is 1. The van der Waals surface area contributed by atoms with Crippen molar-refractivity contribution < 1.29 is 9.47 Å². The zero-order valence-corrected chi connectivity index (χ0v) is 14.0. The Morgan fingerprint density at radius 1 is 0.720 bits per heavy atom. The minimum Gasteiger partial charge on any atom is -0.485 e. The lowest BCUT2D eigenvalue weighted by Crippen LogP contribution is -2.21. The van der Waals surface area contributed by atoms with E-state index in [1.54, 1.807) is 0 Å². The second-order valence-corrected chi connectivity index (χ2v) is 6.19. The molecule has 0 saturated heterocycles. The fraction of sp³-hybridized carbons (Fsp3) is 0.182. The molecule has 3 aromatic rings. The maximum Gasteiger partial charge on any atom is 0.162 e. The van der Waals surface area contributed by atoms with Gasteiger partial charge in [-0.15, -0.1) is 0 Å². The number of benzene rings is 3. The van der Waals surface area contributed by atoms with E-state index < -0.39 is 0 Å². The Hall–Kier alpha value is -2.78. The van der Waals surface area contributed by atoms with Gasteiger partial charge in [-0.25, -0.2) is 0 Å². The van der Waals surface area contributed by atoms with Crippen LogP contribution in [0.2, 0.25) is 0 Å². The highest BCUT2D eigenvalue weighted by atomic mass is 16.6. The van der Waals surface area contributed by atoms with Crippen LogP contribution in [0.15, 0.2) is 78.9 Å². The lowest BCUT2D eigenvalue weighted by molar-refractivity contribution is 0.0913. The lowest BCUT2D eigenvalue weighted by atomic mass is 10.1. The van der Waals surface area contributed by atoms with Gasteiger partial charge in [0.1, 0.15) is 6.61 Å². The van der Waals surface area contributed by atoms with Crippen LogP contribution in [0.4, 0.5) is 0 Å². The van der Waals surface area contributed by atoms with Gasteiger partial charge in [-0.3, -0.25) is 0 Å². The molecule has 1 aliphatic rings. The molecule has 0 radical (unpaired) electrons. The molecule has 1 N–H and O–H groups in total. The molecule has 0 fully saturated rings. The fourth-order valence-electron chi connectivity index (χ4n) is 2.98. The molecule has 0 saturated carbocycles. The maximum absolute atomic E-state index is 6.06. The van der Waals surface area contributed by atoms with E-state index in [9.17, 15) is 0 Å². The number of ether oxygens (including phenoxy) is 2. The Morgan fingerprint density at radius 2 is 1.36 bits per heavy atom. The Balaban J connectivity index is 1.34. The highest BCUT2D eigenvalue weighted by molar-refractivity contribution is 5.41. The summed E-state index contributed by atoms with van der Waals surface area (Å²) in [6, 6.07) is 26.8. The molecule has 0 aliphatic carbocycles. The summed E-state index contributed by atoms with van der Waals surface area (Å²) in [4.78, 5) is 0. The average Bonchev–Trinajstić information content (AvgIpc) is 2.69. The quantitative estimate of drug-likeness (QED) is 0.747. The third-order valence-corrected chi connectivity index (χ3v) is 4.36. The Bertz CT molecular complexity index is 815. The minimum atomic E-state index is -0.0544. The van der Waals surface area contributed by atoms with Gasteiger partial charge >= 0.3 is 0 Å². The van der Waals surface area contributed by atoms with Gasteiger partial charge in [0.2, 0.25) is 0 Å². The number of rotatable bonds is 5. The van der Waals surface area contributed by atoms with E-state index in [4.69, 9.17) is 9.47 Å². The van der Waals surface area contributed by atoms with Crippen LogP contribution in [-0.2, 0) is 13.1 Å². The topological polar surface area (TPSA) is 30.5 Å². The second-order valence-electron chi connectivity index (χ2n) is 6.19. The monoisotopic (exact) mass is 331 g/mol. The van der Waals surface area contributed by atoms with Crippen molar-refractivity contribution in [3.8, 4) is 11.5 Å². The normalized spacial score (nSPS) is 15.8. The van der Waals surface area contributed by atoms with Crippen molar-refractivity contribution in [1.82, 2.24) is 5.32 Å². The summed E-state index contributed by atoms with van der Waals surface area (Å²) in [5.74, 6) is 1.63. The molecule has 3 heteroatoms. The van der Waals surface area contributed by atoms with Gasteiger partial charge in [0.15, 0.2) is 17.6 Å². The zero-order chi connectivity index (χ0) is 16.9. The second kappa shape index (κ2) is 7.41. The molecular formula is C22H21NO2. The summed E-state index contributed by atoms with van der Waals surface area (Å²) in [6.45, 7) is 2.27. The van der Waals surface area contributed by atoms with Crippen LogP contribution in [-0.4, -0.2) is 6.61 Å². The number of para-hydroxylation sites is 2. The molecule has 126 valence electrons. The molecule has 0 aromatic heterocycles. The zero-order valence-electron chi connectivity index (χ0n) is 14.0. The first-order valence-corrected chi connectivity index (χ1v) is 8.60. The molecule has 4 rings (SSSR count). The fourth-order valence-corrected chi connectivity index (χ4v) is 2.98. The van der Waals surface area contributed by atoms with Crippen molar-refractivity contribution in [3.63, 3.8) is 0 Å². The van der Waals surface area contributed by atoms with Crippen LogP contribution >= 0.6 is 0 Å². The first kappa shape index (κ1) is 15.7. The van der Waals surface area contributed by atoms with Crippen molar-refractivity contribution >= 4 is 0 Å². The number of hydrogen-bond acceptors (Lipinski definition) is 3. The molecule has 1 aliphatic heterocycles. The maximum atomic E-state index is 6.06. The van der Waals surface area contributed by atoms with Crippen LogP contribution in [0, 0.1) is 0 Å². The highest BCUT2D eigenvalue weighted by Gasteiger charge is 2.21. The molecule has 1 atom stereocenters. The summed E-state index contributed by atoms with van der Waals surface area (Å²) < 4.78 is 11.9. The molecule has 0 spiro atoms. The van der Waals surface area contributed by atoms with Crippen LogP contribution < -0.4 is 14.8 Å². The van der Waals surface area contributed by atoms with E-state index in [1.165, 1.54) is 11.1 Å². The highest BCUT2D eigenvalue weighted by Crippen LogP contribution is 2.35. The van der Waals surface area contributed by atoms with Crippen molar-refractivity contribution in [2.24, 2.45) is 0 Å². The predicted molar refractivity (Wildman–Crippen MR) is 98.7 cm³/mol. The van der Waals surface area contributed by atoms with Gasteiger partial charge in [-0.2, -0.15) is 0 Å². The first-order valence-electron chi connectivity index (χ1n) is 8.60. The van der Waals surface area contributed by atoms with E-state index in [0.717, 1.165) is 30.2 Å². The Labute approximate surface area is 148 Å². The molecule has 0 amide bonds. The van der Waals surface area contributed by atoms with Gasteiger partial charge in [-0.1, -0.05) is 66.7 Å². The molecule has 0 unspecified atom stereocenters. The summed E-state index contributed by atoms with van der Waals surface area (Å²) in [6.07, 6.45) is -0.0544. The minimum absolute atomic E-state index is 0.0544. The van der Waals surface area contributed by atoms with Crippen molar-refractivity contribution in [1.29, 1.82) is 0 Å². The predicted octanol–water partition coefficient (Wildman–Crippen LogP) is 4.49. The van der Waals surface area contributed by atoms with Gasteiger partial charge in [0.05, 0.1) is 0 Å². The van der Waals surface area contributed by atoms with Crippen LogP contribution in [0.25, 0.3) is 0 Å². The molecule has 0 bridgehead atoms. The largest absolute Gasteiger partial charge is 0.485 e. The van der Waals surface area contributed by atoms with E-state index in [0.29, 0.717) is 6.61 Å². The van der Waals surface area contributed by atoms with Crippen molar-refractivity contribution in [2.45, 2.75) is 19.2 Å². The van der Waals surface area contributed by atoms with Gasteiger partial charge < -0.3 is 14.8 Å². The van der Waals surface area contributed by atoms with Crippen LogP contribution in [0.5, 0.6) is 11.5 Å². The molecule has 25 heavy (non-hydrogen) atoms. The molecule has 3 aromatic carbocycles. The molecular weight excluding hydrogens is 310 g/mol. The van der Waals surface area contributed by atoms with E-state index in [1.807, 2.05) is 30.3 Å². The van der Waals surface area contributed by atoms with E-state index in [-0.39, 0.29) is 6.10 Å². The Morgan fingerprint density at radius 3 is 2.12 bits per heavy atom. The molecule has 1 heterocycles. The van der Waals surface area contributed by atoms with Crippen LogP contribution in [0.1, 0.15) is 22.8 Å². The third kappa shape index (κ3) is 3.83. The van der Waals surface area contributed by atoms with Gasteiger partial charge in [0, 0.05) is 13.1 Å². The van der Waals surface area contributed by atoms with Crippen molar-refractivity contribution in [2.75, 3.05) is 6.61 Å². The number of nitrogens with one attached hydrogen (secondary N) is 1. The van der Waals surface area contributed by atoms with Crippen LogP contribution in [0.3, 0.4) is 0 Å². The SMILES string of the molecule is c1ccc(CNCc2ccc([C@H]3COc4ccccc4O3)cc2)cc1. The lowest BCUT2D eigenvalue weighted by Gasteiger charge is -2.26. The van der Waals surface area contributed by atoms with E-state index >= 15 is 0 Å². The standard InChI is InChI=1S/C22H21NO2/c1-2-6-17(7-3-1)14-23-15-18-10-12-19(13-11-18)22-16-24-20-8-4-5-9-21(20)25-22/h1-13,22-23H,14-16H2/t22-/m1/s1. The third-order valence-electron chi connectivity index (χ3n) is 4.36. The van der Waals surface area contributed by atoms with E-state index in [2.05, 4.69) is 53.8 Å². The van der Waals surface area contributed by atoms with Gasteiger partial charge in [0.25, 0.3) is 0 Å². The summed E-state index contributed by atoms with van der Waals surface area (Å²) >= 11 is 0. The summed E-state index contributed by atoms with van der Waals surface area (Å²) in [5.41, 5.74) is 3.70. The molecule has 3 nitrogen and oxygen atoms in total. The average molecular weight is 331 g/mol. The van der Waals surface area contributed by atoms with Crippen molar-refractivity contribution in [3.05, 3.63) is 95.6 Å². The summed E-state index contributed by atoms with van der Waals surface area (Å²) in [5, 5.41) is 3.47. The summed E-state index contributed by atoms with van der Waals surface area (Å²) in [7, 11) is 0. The van der Waals surface area contributed by atoms with Gasteiger partial charge in [-0.05, 0) is 28.8 Å². The Kier molecular flexibility index (Phi) is 4.66.